The molecule has 1 atom stereocenters. The second kappa shape index (κ2) is 5.80. The molecule has 3 rings (SSSR count). The zero-order chi connectivity index (χ0) is 15.7. The Hall–Kier alpha value is -1.75. The summed E-state index contributed by atoms with van der Waals surface area (Å²) in [5.74, 6) is 2.14. The summed E-state index contributed by atoms with van der Waals surface area (Å²) in [6.45, 7) is 4.11. The van der Waals surface area contributed by atoms with Gasteiger partial charge >= 0.3 is 0 Å². The fraction of sp³-hybridized carbons (Fsp3) is 0.588. The molecule has 1 amide bonds. The lowest BCUT2D eigenvalue weighted by atomic mass is 9.85. The van der Waals surface area contributed by atoms with Gasteiger partial charge in [0, 0.05) is 24.8 Å². The highest BCUT2D eigenvalue weighted by Crippen LogP contribution is 2.38. The van der Waals surface area contributed by atoms with E-state index in [0.29, 0.717) is 11.5 Å². The number of methoxy groups -OCH3 is 2. The molecule has 1 heterocycles. The van der Waals surface area contributed by atoms with Crippen molar-refractivity contribution >= 4 is 11.6 Å². The average molecular weight is 304 g/mol. The molecule has 5 heteroatoms. The van der Waals surface area contributed by atoms with Crippen molar-refractivity contribution in [2.75, 3.05) is 32.6 Å². The Balaban J connectivity index is 1.68. The third-order valence-electron chi connectivity index (χ3n) is 4.87. The highest BCUT2D eigenvalue weighted by Gasteiger charge is 2.48. The van der Waals surface area contributed by atoms with Crippen molar-refractivity contribution in [2.45, 2.75) is 31.7 Å². The summed E-state index contributed by atoms with van der Waals surface area (Å²) in [6.07, 6.45) is 3.53. The SMILES string of the molecule is COc1ccc(NC(=O)C2(C)CCN2CC2CC2)cc1OC. The van der Waals surface area contributed by atoms with Crippen molar-refractivity contribution in [3.8, 4) is 11.5 Å². The number of nitrogens with zero attached hydrogens (tertiary/aromatic N) is 1. The molecule has 2 aliphatic rings. The molecule has 22 heavy (non-hydrogen) atoms. The average Bonchev–Trinajstić information content (AvgIpc) is 3.34. The summed E-state index contributed by atoms with van der Waals surface area (Å²) in [5.41, 5.74) is 0.359. The quantitative estimate of drug-likeness (QED) is 0.877. The minimum atomic E-state index is -0.379. The molecule has 1 saturated heterocycles. The molecule has 1 saturated carbocycles. The van der Waals surface area contributed by atoms with Gasteiger partial charge in [-0.2, -0.15) is 0 Å². The van der Waals surface area contributed by atoms with E-state index >= 15 is 0 Å². The highest BCUT2D eigenvalue weighted by molar-refractivity contribution is 5.98. The van der Waals surface area contributed by atoms with Gasteiger partial charge in [-0.25, -0.2) is 0 Å². The minimum absolute atomic E-state index is 0.0617. The van der Waals surface area contributed by atoms with Gasteiger partial charge in [-0.05, 0) is 44.2 Å². The maximum Gasteiger partial charge on any atom is 0.244 e. The Morgan fingerprint density at radius 1 is 1.32 bits per heavy atom. The number of anilines is 1. The van der Waals surface area contributed by atoms with Crippen LogP contribution in [0, 0.1) is 5.92 Å². The van der Waals surface area contributed by atoms with Gasteiger partial charge in [0.05, 0.1) is 19.8 Å². The normalized spacial score (nSPS) is 24.5. The molecule has 1 unspecified atom stereocenters. The van der Waals surface area contributed by atoms with Crippen molar-refractivity contribution in [3.05, 3.63) is 18.2 Å². The molecule has 0 aromatic heterocycles. The van der Waals surface area contributed by atoms with Gasteiger partial charge < -0.3 is 14.8 Å². The Morgan fingerprint density at radius 2 is 2.05 bits per heavy atom. The summed E-state index contributed by atoms with van der Waals surface area (Å²) in [6, 6.07) is 5.44. The van der Waals surface area contributed by atoms with Gasteiger partial charge in [0.2, 0.25) is 5.91 Å². The Kier molecular flexibility index (Phi) is 4.00. The first-order valence-electron chi connectivity index (χ1n) is 7.85. The molecule has 1 N–H and O–H groups in total. The molecule has 0 bridgehead atoms. The summed E-state index contributed by atoms with van der Waals surface area (Å²) in [7, 11) is 3.19. The van der Waals surface area contributed by atoms with E-state index in [0.717, 1.165) is 31.1 Å². The van der Waals surface area contributed by atoms with Crippen LogP contribution in [-0.4, -0.2) is 43.7 Å². The van der Waals surface area contributed by atoms with Crippen LogP contribution < -0.4 is 14.8 Å². The van der Waals surface area contributed by atoms with Crippen LogP contribution in [0.2, 0.25) is 0 Å². The van der Waals surface area contributed by atoms with Gasteiger partial charge in [0.15, 0.2) is 11.5 Å². The molecule has 0 radical (unpaired) electrons. The van der Waals surface area contributed by atoms with E-state index in [-0.39, 0.29) is 11.4 Å². The maximum absolute atomic E-state index is 12.7. The lowest BCUT2D eigenvalue weighted by molar-refractivity contribution is -0.135. The first kappa shape index (κ1) is 15.2. The predicted molar refractivity (Wildman–Crippen MR) is 85.5 cm³/mol. The largest absolute Gasteiger partial charge is 0.493 e. The second-order valence-corrected chi connectivity index (χ2v) is 6.44. The van der Waals surface area contributed by atoms with Crippen molar-refractivity contribution in [1.29, 1.82) is 0 Å². The second-order valence-electron chi connectivity index (χ2n) is 6.44. The molecular formula is C17H24N2O3. The van der Waals surface area contributed by atoms with E-state index in [4.69, 9.17) is 9.47 Å². The maximum atomic E-state index is 12.7. The van der Waals surface area contributed by atoms with Crippen molar-refractivity contribution in [3.63, 3.8) is 0 Å². The third kappa shape index (κ3) is 2.77. The number of carbonyl (C=O) groups excluding carboxylic acids is 1. The van der Waals surface area contributed by atoms with E-state index in [2.05, 4.69) is 10.2 Å². The molecule has 5 nitrogen and oxygen atoms in total. The van der Waals surface area contributed by atoms with Crippen molar-refractivity contribution in [1.82, 2.24) is 4.90 Å². The van der Waals surface area contributed by atoms with E-state index in [1.807, 2.05) is 13.0 Å². The lowest BCUT2D eigenvalue weighted by Gasteiger charge is -2.49. The Labute approximate surface area is 131 Å². The highest BCUT2D eigenvalue weighted by atomic mass is 16.5. The molecule has 1 aliphatic heterocycles. The van der Waals surface area contributed by atoms with Crippen molar-refractivity contribution < 1.29 is 14.3 Å². The van der Waals surface area contributed by atoms with E-state index in [9.17, 15) is 4.79 Å². The smallest absolute Gasteiger partial charge is 0.244 e. The van der Waals surface area contributed by atoms with Gasteiger partial charge in [0.1, 0.15) is 0 Å². The number of nitrogens with one attached hydrogen (secondary N) is 1. The van der Waals surface area contributed by atoms with E-state index < -0.39 is 0 Å². The van der Waals surface area contributed by atoms with E-state index in [1.165, 1.54) is 12.8 Å². The fourth-order valence-corrected chi connectivity index (χ4v) is 2.95. The summed E-state index contributed by atoms with van der Waals surface area (Å²) in [5, 5.41) is 3.02. The molecule has 2 fully saturated rings. The third-order valence-corrected chi connectivity index (χ3v) is 4.87. The summed E-state index contributed by atoms with van der Waals surface area (Å²) >= 11 is 0. The first-order chi connectivity index (χ1) is 10.6. The Morgan fingerprint density at radius 3 is 2.59 bits per heavy atom. The monoisotopic (exact) mass is 304 g/mol. The predicted octanol–water partition coefficient (Wildman–Crippen LogP) is 2.52. The van der Waals surface area contributed by atoms with Crippen LogP contribution in [0.25, 0.3) is 0 Å². The fourth-order valence-electron chi connectivity index (χ4n) is 2.95. The van der Waals surface area contributed by atoms with Crippen LogP contribution in [0.1, 0.15) is 26.2 Å². The molecule has 1 aromatic rings. The van der Waals surface area contributed by atoms with Crippen LogP contribution in [-0.2, 0) is 4.79 Å². The zero-order valence-corrected chi connectivity index (χ0v) is 13.5. The van der Waals surface area contributed by atoms with Crippen LogP contribution >= 0.6 is 0 Å². The van der Waals surface area contributed by atoms with Gasteiger partial charge in [0.25, 0.3) is 0 Å². The standard InChI is InChI=1S/C17H24N2O3/c1-17(8-9-19(17)11-12-4-5-12)16(20)18-13-6-7-14(21-2)15(10-13)22-3/h6-7,10,12H,4-5,8-9,11H2,1-3H3,(H,18,20). The minimum Gasteiger partial charge on any atom is -0.493 e. The summed E-state index contributed by atoms with van der Waals surface area (Å²) in [4.78, 5) is 15.0. The van der Waals surface area contributed by atoms with Crippen LogP contribution in [0.4, 0.5) is 5.69 Å². The van der Waals surface area contributed by atoms with Gasteiger partial charge in [-0.1, -0.05) is 0 Å². The number of rotatable bonds is 6. The number of hydrogen-bond donors (Lipinski definition) is 1. The topological polar surface area (TPSA) is 50.8 Å². The molecule has 120 valence electrons. The number of ether oxygens (including phenoxy) is 2. The number of likely N-dealkylation sites (tertiary alicyclic amines) is 1. The molecule has 1 aromatic carbocycles. The Bertz CT molecular complexity index is 571. The van der Waals surface area contributed by atoms with Gasteiger partial charge in [-0.3, -0.25) is 9.69 Å². The molecule has 1 aliphatic carbocycles. The number of amides is 1. The number of benzene rings is 1. The van der Waals surface area contributed by atoms with Crippen molar-refractivity contribution in [2.24, 2.45) is 5.92 Å². The summed E-state index contributed by atoms with van der Waals surface area (Å²) < 4.78 is 10.5. The first-order valence-corrected chi connectivity index (χ1v) is 7.85. The van der Waals surface area contributed by atoms with Crippen LogP contribution in [0.3, 0.4) is 0 Å². The van der Waals surface area contributed by atoms with E-state index in [1.54, 1.807) is 26.4 Å². The molecule has 0 spiro atoms. The molecular weight excluding hydrogens is 280 g/mol. The number of hydrogen-bond acceptors (Lipinski definition) is 4. The van der Waals surface area contributed by atoms with Crippen LogP contribution in [0.15, 0.2) is 18.2 Å². The van der Waals surface area contributed by atoms with Crippen LogP contribution in [0.5, 0.6) is 11.5 Å². The lowest BCUT2D eigenvalue weighted by Crippen LogP contribution is -2.64. The number of carbonyl (C=O) groups is 1. The zero-order valence-electron chi connectivity index (χ0n) is 13.5. The van der Waals surface area contributed by atoms with Gasteiger partial charge in [-0.15, -0.1) is 0 Å².